The highest BCUT2D eigenvalue weighted by atomic mass is 35.5. The number of halogens is 1. The molecule has 0 bridgehead atoms. The topological polar surface area (TPSA) is 58.4 Å². The Hall–Kier alpha value is -1.10. The van der Waals surface area contributed by atoms with Crippen LogP contribution in [-0.2, 0) is 4.79 Å². The van der Waals surface area contributed by atoms with Crippen LogP contribution in [-0.4, -0.2) is 36.0 Å². The van der Waals surface area contributed by atoms with Gasteiger partial charge in [0.1, 0.15) is 0 Å². The lowest BCUT2D eigenvalue weighted by Gasteiger charge is -2.37. The molecular weight excluding hydrogens is 310 g/mol. The van der Waals surface area contributed by atoms with Gasteiger partial charge < -0.3 is 11.1 Å². The highest BCUT2D eigenvalue weighted by molar-refractivity contribution is 5.85. The number of rotatable bonds is 5. The zero-order valence-electron chi connectivity index (χ0n) is 14.4. The minimum absolute atomic E-state index is 0. The summed E-state index contributed by atoms with van der Waals surface area (Å²) in [5.74, 6) is 0.169. The van der Waals surface area contributed by atoms with E-state index in [1.54, 1.807) is 0 Å². The van der Waals surface area contributed by atoms with Crippen molar-refractivity contribution < 1.29 is 4.79 Å². The highest BCUT2D eigenvalue weighted by Gasteiger charge is 2.26. The Morgan fingerprint density at radius 2 is 1.74 bits per heavy atom. The molecule has 1 amide bonds. The Morgan fingerprint density at radius 1 is 1.17 bits per heavy atom. The molecule has 1 aromatic rings. The number of amides is 1. The Balaban J connectivity index is 0.00000264. The van der Waals surface area contributed by atoms with E-state index in [4.69, 9.17) is 5.73 Å². The number of hydrogen-bond donors (Lipinski definition) is 2. The number of carbonyl (C=O) groups is 1. The van der Waals surface area contributed by atoms with Crippen molar-refractivity contribution in [1.82, 2.24) is 10.2 Å². The molecule has 0 aromatic heterocycles. The van der Waals surface area contributed by atoms with Crippen molar-refractivity contribution in [3.8, 4) is 0 Å². The lowest BCUT2D eigenvalue weighted by atomic mass is 9.99. The molecule has 2 rings (SSSR count). The van der Waals surface area contributed by atoms with Gasteiger partial charge in [0.2, 0.25) is 5.91 Å². The number of hydrogen-bond acceptors (Lipinski definition) is 3. The van der Waals surface area contributed by atoms with Crippen LogP contribution in [0.15, 0.2) is 30.3 Å². The third-order valence-electron chi connectivity index (χ3n) is 4.73. The molecule has 2 atom stereocenters. The van der Waals surface area contributed by atoms with Crippen molar-refractivity contribution in [2.75, 3.05) is 13.1 Å². The van der Waals surface area contributed by atoms with Gasteiger partial charge >= 0.3 is 0 Å². The van der Waals surface area contributed by atoms with Gasteiger partial charge in [-0.05, 0) is 31.2 Å². The molecule has 0 saturated carbocycles. The lowest BCUT2D eigenvalue weighted by Crippen LogP contribution is -2.51. The first-order valence-electron chi connectivity index (χ1n) is 8.34. The minimum Gasteiger partial charge on any atom is -0.352 e. The molecule has 0 spiro atoms. The van der Waals surface area contributed by atoms with E-state index in [-0.39, 0.29) is 30.3 Å². The number of likely N-dealkylation sites (tertiary alicyclic amines) is 1. The molecule has 1 saturated heterocycles. The van der Waals surface area contributed by atoms with Crippen LogP contribution in [0.25, 0.3) is 0 Å². The first-order valence-corrected chi connectivity index (χ1v) is 8.34. The van der Waals surface area contributed by atoms with Gasteiger partial charge in [-0.1, -0.05) is 44.2 Å². The van der Waals surface area contributed by atoms with Crippen molar-refractivity contribution in [2.45, 2.75) is 51.7 Å². The third kappa shape index (κ3) is 5.48. The van der Waals surface area contributed by atoms with Gasteiger partial charge in [0.05, 0.1) is 6.04 Å². The number of piperidine rings is 1. The summed E-state index contributed by atoms with van der Waals surface area (Å²) in [6.07, 6.45) is 1.99. The van der Waals surface area contributed by atoms with E-state index in [9.17, 15) is 4.79 Å². The maximum absolute atomic E-state index is 12.0. The largest absolute Gasteiger partial charge is 0.352 e. The number of nitrogens with one attached hydrogen (secondary N) is 1. The Morgan fingerprint density at radius 3 is 2.26 bits per heavy atom. The van der Waals surface area contributed by atoms with Crippen LogP contribution in [0.4, 0.5) is 0 Å². The van der Waals surface area contributed by atoms with Crippen molar-refractivity contribution >= 4 is 18.3 Å². The monoisotopic (exact) mass is 339 g/mol. The van der Waals surface area contributed by atoms with Gasteiger partial charge in [-0.3, -0.25) is 9.69 Å². The molecule has 1 aromatic carbocycles. The molecular formula is C18H30ClN3O. The van der Waals surface area contributed by atoms with Crippen molar-refractivity contribution in [2.24, 2.45) is 11.7 Å². The predicted octanol–water partition coefficient (Wildman–Crippen LogP) is 2.73. The van der Waals surface area contributed by atoms with Crippen LogP contribution >= 0.6 is 12.4 Å². The van der Waals surface area contributed by atoms with Crippen LogP contribution < -0.4 is 11.1 Å². The normalized spacial score (nSPS) is 19.0. The molecule has 23 heavy (non-hydrogen) atoms. The van der Waals surface area contributed by atoms with Crippen LogP contribution in [0.1, 0.15) is 45.2 Å². The molecule has 4 nitrogen and oxygen atoms in total. The second kappa shape index (κ2) is 9.26. The first kappa shape index (κ1) is 19.9. The van der Waals surface area contributed by atoms with E-state index in [1.807, 2.05) is 13.8 Å². The Kier molecular flexibility index (Phi) is 8.03. The second-order valence-corrected chi connectivity index (χ2v) is 6.68. The molecule has 0 aliphatic carbocycles. The summed E-state index contributed by atoms with van der Waals surface area (Å²) in [7, 11) is 0. The van der Waals surface area contributed by atoms with Crippen LogP contribution in [0.3, 0.4) is 0 Å². The maximum atomic E-state index is 12.0. The molecule has 1 heterocycles. The Labute approximate surface area is 146 Å². The molecule has 1 unspecified atom stereocenters. The second-order valence-electron chi connectivity index (χ2n) is 6.68. The lowest BCUT2D eigenvalue weighted by molar-refractivity contribution is -0.124. The fourth-order valence-electron chi connectivity index (χ4n) is 2.97. The number of nitrogens with two attached hydrogens (primary N) is 1. The number of benzene rings is 1. The van der Waals surface area contributed by atoms with Crippen molar-refractivity contribution in [1.29, 1.82) is 0 Å². The molecule has 1 aliphatic heterocycles. The van der Waals surface area contributed by atoms with Gasteiger partial charge in [0, 0.05) is 25.2 Å². The van der Waals surface area contributed by atoms with Crippen LogP contribution in [0.2, 0.25) is 0 Å². The highest BCUT2D eigenvalue weighted by Crippen LogP contribution is 2.24. The average molecular weight is 340 g/mol. The van der Waals surface area contributed by atoms with Gasteiger partial charge in [-0.2, -0.15) is 0 Å². The smallest absolute Gasteiger partial charge is 0.237 e. The summed E-state index contributed by atoms with van der Waals surface area (Å²) in [5.41, 5.74) is 7.26. The van der Waals surface area contributed by atoms with E-state index < -0.39 is 6.04 Å². The summed E-state index contributed by atoms with van der Waals surface area (Å²) in [6, 6.07) is 10.9. The summed E-state index contributed by atoms with van der Waals surface area (Å²) < 4.78 is 0. The van der Waals surface area contributed by atoms with Crippen molar-refractivity contribution in [3.05, 3.63) is 35.9 Å². The average Bonchev–Trinajstić information content (AvgIpc) is 2.54. The number of nitrogens with zero attached hydrogens (tertiary/aromatic N) is 1. The Bertz CT molecular complexity index is 472. The predicted molar refractivity (Wildman–Crippen MR) is 97.7 cm³/mol. The third-order valence-corrected chi connectivity index (χ3v) is 4.73. The first-order chi connectivity index (χ1) is 10.5. The van der Waals surface area contributed by atoms with E-state index in [0.29, 0.717) is 6.04 Å². The fraction of sp³-hybridized carbons (Fsp3) is 0.611. The zero-order valence-corrected chi connectivity index (χ0v) is 15.2. The van der Waals surface area contributed by atoms with Crippen LogP contribution in [0.5, 0.6) is 0 Å². The van der Waals surface area contributed by atoms with E-state index in [1.165, 1.54) is 5.56 Å². The molecule has 3 N–H and O–H groups in total. The molecule has 5 heteroatoms. The number of carbonyl (C=O) groups excluding carboxylic acids is 1. The van der Waals surface area contributed by atoms with E-state index >= 15 is 0 Å². The maximum Gasteiger partial charge on any atom is 0.237 e. The fourth-order valence-corrected chi connectivity index (χ4v) is 2.97. The van der Waals surface area contributed by atoms with Gasteiger partial charge in [-0.25, -0.2) is 0 Å². The van der Waals surface area contributed by atoms with Gasteiger partial charge in [0.25, 0.3) is 0 Å². The molecule has 1 fully saturated rings. The van der Waals surface area contributed by atoms with Crippen molar-refractivity contribution in [3.63, 3.8) is 0 Å². The summed E-state index contributed by atoms with van der Waals surface area (Å²) in [4.78, 5) is 14.5. The quantitative estimate of drug-likeness (QED) is 0.867. The summed E-state index contributed by atoms with van der Waals surface area (Å²) >= 11 is 0. The van der Waals surface area contributed by atoms with Crippen LogP contribution in [0, 0.1) is 5.92 Å². The minimum atomic E-state index is -0.402. The van der Waals surface area contributed by atoms with E-state index in [2.05, 4.69) is 47.5 Å². The summed E-state index contributed by atoms with van der Waals surface area (Å²) in [5, 5.41) is 3.11. The molecule has 1 aliphatic rings. The summed E-state index contributed by atoms with van der Waals surface area (Å²) in [6.45, 7) is 8.24. The standard InChI is InChI=1S/C18H29N3O.ClH/c1-13(2)17(19)18(22)20-16-9-11-21(12-10-16)14(3)15-7-5-4-6-8-15;/h4-8,13-14,16-17H,9-12,19H2,1-3H3,(H,20,22);1H/t14?,17-;/m0./s1. The zero-order chi connectivity index (χ0) is 16.1. The van der Waals surface area contributed by atoms with E-state index in [0.717, 1.165) is 25.9 Å². The molecule has 0 radical (unpaired) electrons. The SMILES string of the molecule is CC(C)[C@H](N)C(=O)NC1CCN(C(C)c2ccccc2)CC1.Cl. The van der Waals surface area contributed by atoms with Gasteiger partial charge in [-0.15, -0.1) is 12.4 Å². The van der Waals surface area contributed by atoms with Gasteiger partial charge in [0.15, 0.2) is 0 Å². The molecule has 130 valence electrons.